The van der Waals surface area contributed by atoms with Gasteiger partial charge in [0.2, 0.25) is 5.71 Å². The maximum Gasteiger partial charge on any atom is 0.227 e. The second-order valence-electron chi connectivity index (χ2n) is 9.61. The summed E-state index contributed by atoms with van der Waals surface area (Å²) in [7, 11) is 1.80. The Kier molecular flexibility index (Phi) is 6.83. The largest absolute Gasteiger partial charge is 0.437 e. The summed E-state index contributed by atoms with van der Waals surface area (Å²) in [6, 6.07) is 17.4. The smallest absolute Gasteiger partial charge is 0.227 e. The first-order valence-corrected chi connectivity index (χ1v) is 12.0. The molecule has 0 unspecified atom stereocenters. The van der Waals surface area contributed by atoms with Crippen molar-refractivity contribution in [1.82, 2.24) is 4.98 Å². The Balaban J connectivity index is 1.86. The fraction of sp³-hybridized carbons (Fsp3) is 0.290. The number of fused-ring (bicyclic) bond motifs is 3. The van der Waals surface area contributed by atoms with Gasteiger partial charge in [0.05, 0.1) is 0 Å². The van der Waals surface area contributed by atoms with Gasteiger partial charge >= 0.3 is 0 Å². The first-order valence-electron chi connectivity index (χ1n) is 12.0. The monoisotopic (exact) mass is 450 g/mol. The summed E-state index contributed by atoms with van der Waals surface area (Å²) >= 11 is 0. The molecule has 0 aliphatic carbocycles. The van der Waals surface area contributed by atoms with E-state index in [1.165, 1.54) is 16.7 Å². The Morgan fingerprint density at radius 2 is 1.62 bits per heavy atom. The van der Waals surface area contributed by atoms with E-state index in [-0.39, 0.29) is 0 Å². The van der Waals surface area contributed by atoms with Crippen LogP contribution < -0.4 is 0 Å². The molecule has 0 N–H and O–H groups in total. The van der Waals surface area contributed by atoms with Crippen LogP contribution >= 0.6 is 0 Å². The summed E-state index contributed by atoms with van der Waals surface area (Å²) in [5, 5.41) is 2.17. The second kappa shape index (κ2) is 9.80. The van der Waals surface area contributed by atoms with E-state index in [0.29, 0.717) is 17.5 Å². The average molecular weight is 451 g/mol. The summed E-state index contributed by atoms with van der Waals surface area (Å²) in [6.45, 7) is 13.0. The number of rotatable bonds is 6. The van der Waals surface area contributed by atoms with E-state index < -0.39 is 0 Å². The summed E-state index contributed by atoms with van der Waals surface area (Å²) < 4.78 is 6.39. The molecule has 34 heavy (non-hydrogen) atoms. The van der Waals surface area contributed by atoms with Gasteiger partial charge in [-0.3, -0.25) is 4.99 Å². The third-order valence-corrected chi connectivity index (χ3v) is 6.41. The molecule has 0 atom stereocenters. The molecule has 2 heterocycles. The van der Waals surface area contributed by atoms with Gasteiger partial charge < -0.3 is 4.42 Å². The maximum atomic E-state index is 6.39. The van der Waals surface area contributed by atoms with E-state index in [4.69, 9.17) is 9.40 Å². The second-order valence-corrected chi connectivity index (χ2v) is 9.61. The molecular formula is C31H34N2O. The molecule has 2 aromatic heterocycles. The third-order valence-electron chi connectivity index (χ3n) is 6.41. The summed E-state index contributed by atoms with van der Waals surface area (Å²) in [6.07, 6.45) is 6.15. The van der Waals surface area contributed by atoms with Crippen molar-refractivity contribution in [2.24, 2.45) is 4.99 Å². The van der Waals surface area contributed by atoms with Crippen LogP contribution in [-0.4, -0.2) is 18.2 Å². The standard InChI is InChI=1S/C31H34N2O/c1-19(2)23-9-11-24(12-10-23)25(16-17-32-7)18-22(6)29-21(5)8-13-26-27-14-15-28(20(3)4)33-31(27)34-30(26)29/h8-20H,1-7H3/b22-18+,25-16+,32-17?. The van der Waals surface area contributed by atoms with Crippen LogP contribution in [-0.2, 0) is 0 Å². The number of hydrogen-bond donors (Lipinski definition) is 0. The Morgan fingerprint density at radius 1 is 0.912 bits per heavy atom. The van der Waals surface area contributed by atoms with Gasteiger partial charge in [0, 0.05) is 35.3 Å². The zero-order valence-corrected chi connectivity index (χ0v) is 21.3. The van der Waals surface area contributed by atoms with E-state index in [1.54, 1.807) is 7.05 Å². The lowest BCUT2D eigenvalue weighted by molar-refractivity contribution is 0.646. The minimum atomic E-state index is 0.357. The molecular weight excluding hydrogens is 416 g/mol. The van der Waals surface area contributed by atoms with Gasteiger partial charge in [-0.1, -0.05) is 70.2 Å². The fourth-order valence-electron chi connectivity index (χ4n) is 4.39. The van der Waals surface area contributed by atoms with Crippen molar-refractivity contribution in [3.63, 3.8) is 0 Å². The molecule has 0 saturated carbocycles. The molecule has 0 fully saturated rings. The van der Waals surface area contributed by atoms with Crippen molar-refractivity contribution in [3.05, 3.63) is 88.6 Å². The van der Waals surface area contributed by atoms with Crippen molar-refractivity contribution >= 4 is 39.4 Å². The topological polar surface area (TPSA) is 38.4 Å². The highest BCUT2D eigenvalue weighted by molar-refractivity contribution is 6.08. The Labute approximate surface area is 202 Å². The van der Waals surface area contributed by atoms with Gasteiger partial charge in [0.25, 0.3) is 0 Å². The highest BCUT2D eigenvalue weighted by Crippen LogP contribution is 2.36. The van der Waals surface area contributed by atoms with E-state index in [1.807, 2.05) is 6.21 Å². The van der Waals surface area contributed by atoms with Crippen LogP contribution in [0.1, 0.15) is 74.4 Å². The normalized spacial score (nSPS) is 13.3. The lowest BCUT2D eigenvalue weighted by atomic mass is 9.94. The number of allylic oxidation sites excluding steroid dienone is 4. The average Bonchev–Trinajstić information content (AvgIpc) is 3.19. The van der Waals surface area contributed by atoms with Gasteiger partial charge in [0.1, 0.15) is 5.58 Å². The van der Waals surface area contributed by atoms with Gasteiger partial charge in [-0.05, 0) is 71.7 Å². The number of aromatic nitrogens is 1. The lowest BCUT2D eigenvalue weighted by Gasteiger charge is -2.11. The number of hydrogen-bond acceptors (Lipinski definition) is 3. The number of aryl methyl sites for hydroxylation is 1. The first-order chi connectivity index (χ1) is 16.3. The van der Waals surface area contributed by atoms with Crippen LogP contribution in [0.15, 0.2) is 70.1 Å². The Morgan fingerprint density at radius 3 is 2.26 bits per heavy atom. The molecule has 3 heteroatoms. The van der Waals surface area contributed by atoms with Crippen molar-refractivity contribution in [1.29, 1.82) is 0 Å². The van der Waals surface area contributed by atoms with Crippen LogP contribution in [0.25, 0.3) is 33.2 Å². The molecule has 0 saturated heterocycles. The van der Waals surface area contributed by atoms with E-state index in [2.05, 4.69) is 107 Å². The molecule has 0 amide bonds. The zero-order valence-electron chi connectivity index (χ0n) is 21.3. The maximum absolute atomic E-state index is 6.39. The molecule has 0 bridgehead atoms. The molecule has 174 valence electrons. The lowest BCUT2D eigenvalue weighted by Crippen LogP contribution is -1.91. The highest BCUT2D eigenvalue weighted by Gasteiger charge is 2.16. The molecule has 4 rings (SSSR count). The molecule has 0 aliphatic heterocycles. The number of nitrogens with zero attached hydrogens (tertiary/aromatic N) is 2. The van der Waals surface area contributed by atoms with Gasteiger partial charge in [-0.2, -0.15) is 0 Å². The first kappa shape index (κ1) is 23.7. The van der Waals surface area contributed by atoms with Crippen molar-refractivity contribution in [2.75, 3.05) is 7.05 Å². The molecule has 0 aliphatic rings. The predicted octanol–water partition coefficient (Wildman–Crippen LogP) is 8.72. The predicted molar refractivity (Wildman–Crippen MR) is 147 cm³/mol. The molecule has 0 radical (unpaired) electrons. The molecule has 0 spiro atoms. The van der Waals surface area contributed by atoms with Gasteiger partial charge in [0.15, 0.2) is 0 Å². The molecule has 4 aromatic rings. The van der Waals surface area contributed by atoms with E-state index in [0.717, 1.165) is 38.8 Å². The van der Waals surface area contributed by atoms with E-state index >= 15 is 0 Å². The van der Waals surface area contributed by atoms with Crippen molar-refractivity contribution in [2.45, 2.75) is 53.4 Å². The minimum absolute atomic E-state index is 0.357. The summed E-state index contributed by atoms with van der Waals surface area (Å²) in [4.78, 5) is 8.99. The number of pyridine rings is 1. The Bertz CT molecular complexity index is 1410. The van der Waals surface area contributed by atoms with Crippen molar-refractivity contribution in [3.8, 4) is 0 Å². The van der Waals surface area contributed by atoms with Crippen LogP contribution in [0.3, 0.4) is 0 Å². The number of benzene rings is 2. The number of furan rings is 1. The summed E-state index contributed by atoms with van der Waals surface area (Å²) in [5.41, 5.74) is 9.73. The van der Waals surface area contributed by atoms with Crippen LogP contribution in [0, 0.1) is 6.92 Å². The van der Waals surface area contributed by atoms with Gasteiger partial charge in [-0.25, -0.2) is 4.98 Å². The molecule has 2 aromatic carbocycles. The van der Waals surface area contributed by atoms with Crippen molar-refractivity contribution < 1.29 is 4.42 Å². The van der Waals surface area contributed by atoms with Crippen LogP contribution in [0.4, 0.5) is 0 Å². The van der Waals surface area contributed by atoms with Gasteiger partial charge in [-0.15, -0.1) is 0 Å². The SMILES string of the molecule is CN=C/C=C(\C=C(/C)c1c(C)ccc2c1oc1nc(C(C)C)ccc12)c1ccc(C(C)C)cc1. The highest BCUT2D eigenvalue weighted by atomic mass is 16.3. The summed E-state index contributed by atoms with van der Waals surface area (Å²) in [5.74, 6) is 0.865. The zero-order chi connectivity index (χ0) is 24.4. The minimum Gasteiger partial charge on any atom is -0.437 e. The quantitative estimate of drug-likeness (QED) is 0.217. The third kappa shape index (κ3) is 4.61. The Hall–Kier alpha value is -3.46. The molecule has 3 nitrogen and oxygen atoms in total. The van der Waals surface area contributed by atoms with E-state index in [9.17, 15) is 0 Å². The number of aliphatic imine (C=N–C) groups is 1. The fourth-order valence-corrected chi connectivity index (χ4v) is 4.39. The van der Waals surface area contributed by atoms with Crippen LogP contribution in [0.5, 0.6) is 0 Å². The van der Waals surface area contributed by atoms with Crippen LogP contribution in [0.2, 0.25) is 0 Å².